The van der Waals surface area contributed by atoms with Crippen LogP contribution in [0.1, 0.15) is 64.4 Å². The molecule has 3 atom stereocenters. The molecule has 0 bridgehead atoms. The summed E-state index contributed by atoms with van der Waals surface area (Å²) in [5.74, 6) is -3.21. The first kappa shape index (κ1) is 24.8. The average Bonchev–Trinajstić information content (AvgIpc) is 3.32. The quantitative estimate of drug-likeness (QED) is 0.463. The fourth-order valence-electron chi connectivity index (χ4n) is 5.49. The van der Waals surface area contributed by atoms with Crippen LogP contribution in [0.15, 0.2) is 40.7 Å². The lowest BCUT2D eigenvalue weighted by atomic mass is 9.69. The van der Waals surface area contributed by atoms with Crippen molar-refractivity contribution in [1.29, 1.82) is 0 Å². The minimum Gasteiger partial charge on any atom is -0.504 e. The highest BCUT2D eigenvalue weighted by Gasteiger charge is 2.47. The van der Waals surface area contributed by atoms with Crippen molar-refractivity contribution in [3.05, 3.63) is 46.3 Å². The van der Waals surface area contributed by atoms with Crippen LogP contribution in [-0.4, -0.2) is 42.6 Å². The van der Waals surface area contributed by atoms with Crippen LogP contribution in [0.2, 0.25) is 0 Å². The van der Waals surface area contributed by atoms with E-state index in [-0.39, 0.29) is 29.3 Å². The van der Waals surface area contributed by atoms with E-state index in [9.17, 15) is 19.5 Å². The molecule has 35 heavy (non-hydrogen) atoms. The number of carbonyl (C=O) groups is 3. The summed E-state index contributed by atoms with van der Waals surface area (Å²) in [6.45, 7) is 5.78. The topological polar surface area (TPSA) is 111 Å². The Morgan fingerprint density at radius 2 is 1.91 bits per heavy atom. The van der Waals surface area contributed by atoms with E-state index in [4.69, 9.17) is 14.2 Å². The Hall–Kier alpha value is -3.29. The lowest BCUT2D eigenvalue weighted by Crippen LogP contribution is -2.43. The van der Waals surface area contributed by atoms with E-state index in [1.54, 1.807) is 26.0 Å². The molecule has 1 aromatic rings. The van der Waals surface area contributed by atoms with Crippen molar-refractivity contribution in [1.82, 2.24) is 5.32 Å². The van der Waals surface area contributed by atoms with Gasteiger partial charge in [-0.25, -0.2) is 4.79 Å². The van der Waals surface area contributed by atoms with Crippen molar-refractivity contribution >= 4 is 17.7 Å². The van der Waals surface area contributed by atoms with Crippen LogP contribution in [0.5, 0.6) is 11.5 Å². The molecule has 1 aliphatic heterocycles. The lowest BCUT2D eigenvalue weighted by molar-refractivity contribution is -0.151. The minimum absolute atomic E-state index is 0.0365. The number of phenolic OH excluding ortho intramolecular Hbond substituents is 1. The Balaban J connectivity index is 1.84. The Bertz CT molecular complexity index is 1100. The number of esters is 2. The second-order valence-corrected chi connectivity index (χ2v) is 9.51. The molecule has 8 heteroatoms. The summed E-state index contributed by atoms with van der Waals surface area (Å²) in [6, 6.07) is 4.81. The molecule has 3 aliphatic rings. The van der Waals surface area contributed by atoms with E-state index in [0.717, 1.165) is 25.7 Å². The van der Waals surface area contributed by atoms with Gasteiger partial charge in [-0.2, -0.15) is 0 Å². The third-order valence-electron chi connectivity index (χ3n) is 7.16. The number of Topliss-reactive ketones (excluding diaryl/α,β-unsaturated/α-hetero) is 1. The zero-order valence-electron chi connectivity index (χ0n) is 20.7. The Kier molecular flexibility index (Phi) is 7.19. The van der Waals surface area contributed by atoms with E-state index in [2.05, 4.69) is 5.32 Å². The van der Waals surface area contributed by atoms with E-state index in [0.29, 0.717) is 41.1 Å². The van der Waals surface area contributed by atoms with Crippen molar-refractivity contribution in [3.8, 4) is 11.5 Å². The van der Waals surface area contributed by atoms with Crippen LogP contribution < -0.4 is 10.1 Å². The maximum atomic E-state index is 13.8. The molecule has 0 saturated heterocycles. The highest BCUT2D eigenvalue weighted by atomic mass is 16.5. The maximum absolute atomic E-state index is 13.8. The van der Waals surface area contributed by atoms with Gasteiger partial charge in [-0.1, -0.05) is 13.0 Å². The smallest absolute Gasteiger partial charge is 0.337 e. The Labute approximate surface area is 205 Å². The maximum Gasteiger partial charge on any atom is 0.337 e. The summed E-state index contributed by atoms with van der Waals surface area (Å²) >= 11 is 0. The van der Waals surface area contributed by atoms with Gasteiger partial charge in [0, 0.05) is 22.9 Å². The summed E-state index contributed by atoms with van der Waals surface area (Å²) in [4.78, 5) is 39.9. The molecule has 1 saturated carbocycles. The van der Waals surface area contributed by atoms with Gasteiger partial charge in [-0.05, 0) is 69.6 Å². The second kappa shape index (κ2) is 10.1. The van der Waals surface area contributed by atoms with Gasteiger partial charge in [0.25, 0.3) is 0 Å². The van der Waals surface area contributed by atoms with Gasteiger partial charge in [0.15, 0.2) is 17.3 Å². The number of benzene rings is 1. The van der Waals surface area contributed by atoms with Crippen LogP contribution >= 0.6 is 0 Å². The number of phenols is 1. The molecule has 0 radical (unpaired) electrons. The van der Waals surface area contributed by atoms with Gasteiger partial charge in [0.1, 0.15) is 12.0 Å². The van der Waals surface area contributed by atoms with E-state index >= 15 is 0 Å². The van der Waals surface area contributed by atoms with Gasteiger partial charge < -0.3 is 24.6 Å². The fourth-order valence-corrected chi connectivity index (χ4v) is 5.49. The molecule has 0 spiro atoms. The lowest BCUT2D eigenvalue weighted by Gasteiger charge is -2.38. The van der Waals surface area contributed by atoms with Gasteiger partial charge in [-0.15, -0.1) is 0 Å². The SMILES string of the molecule is CCOc1cc([C@@H]2C(C(=O)OC3CCCC3)=C(C)NC3=C2C(=O)[C@H](C(=O)OC)[C@@H](C)C3)ccc1O. The van der Waals surface area contributed by atoms with Crippen LogP contribution in [0, 0.1) is 11.8 Å². The molecular formula is C27H33NO7. The number of allylic oxidation sites excluding steroid dienone is 3. The molecule has 1 aromatic carbocycles. The molecule has 2 N–H and O–H groups in total. The predicted octanol–water partition coefficient (Wildman–Crippen LogP) is 3.89. The number of ketones is 1. The molecule has 0 aromatic heterocycles. The Morgan fingerprint density at radius 1 is 1.20 bits per heavy atom. The standard InChI is InChI=1S/C27H33NO7/c1-5-34-20-13-16(10-11-19(20)29)23-22(27(32)35-17-8-6-7-9-17)15(3)28-18-12-14(2)21(26(31)33-4)25(30)24(18)23/h10-11,13-14,17,21,23,28-29H,5-9,12H2,1-4H3/t14-,21+,23+/m0/s1. The van der Waals surface area contributed by atoms with Crippen molar-refractivity contribution in [3.63, 3.8) is 0 Å². The number of carbonyl (C=O) groups excluding carboxylic acids is 3. The largest absolute Gasteiger partial charge is 0.504 e. The second-order valence-electron chi connectivity index (χ2n) is 9.51. The summed E-state index contributed by atoms with van der Waals surface area (Å²) < 4.78 is 16.4. The van der Waals surface area contributed by atoms with Crippen LogP contribution in [0.25, 0.3) is 0 Å². The van der Waals surface area contributed by atoms with Gasteiger partial charge in [0.2, 0.25) is 0 Å². The summed E-state index contributed by atoms with van der Waals surface area (Å²) in [7, 11) is 1.27. The molecule has 1 heterocycles. The zero-order chi connectivity index (χ0) is 25.3. The van der Waals surface area contributed by atoms with Gasteiger partial charge in [-0.3, -0.25) is 9.59 Å². The Morgan fingerprint density at radius 3 is 2.57 bits per heavy atom. The number of ether oxygens (including phenoxy) is 3. The third kappa shape index (κ3) is 4.66. The van der Waals surface area contributed by atoms with Crippen LogP contribution in [0.4, 0.5) is 0 Å². The number of dihydropyridines is 1. The molecular weight excluding hydrogens is 450 g/mol. The predicted molar refractivity (Wildman–Crippen MR) is 128 cm³/mol. The van der Waals surface area contributed by atoms with E-state index in [1.165, 1.54) is 13.2 Å². The minimum atomic E-state index is -0.961. The van der Waals surface area contributed by atoms with Crippen molar-refractivity contribution < 1.29 is 33.7 Å². The number of nitrogens with one attached hydrogen (secondary N) is 1. The van der Waals surface area contributed by atoms with E-state index in [1.807, 2.05) is 6.92 Å². The van der Waals surface area contributed by atoms with Gasteiger partial charge in [0.05, 0.1) is 19.3 Å². The molecule has 1 fully saturated rings. The highest BCUT2D eigenvalue weighted by Crippen LogP contribution is 2.47. The van der Waals surface area contributed by atoms with Crippen molar-refractivity contribution in [2.24, 2.45) is 11.8 Å². The molecule has 0 amide bonds. The summed E-state index contributed by atoms with van der Waals surface area (Å²) in [5, 5.41) is 13.5. The molecule has 188 valence electrons. The van der Waals surface area contributed by atoms with Crippen molar-refractivity contribution in [2.45, 2.75) is 64.9 Å². The summed E-state index contributed by atoms with van der Waals surface area (Å²) in [5.41, 5.74) is 2.59. The first-order valence-electron chi connectivity index (χ1n) is 12.3. The van der Waals surface area contributed by atoms with Crippen LogP contribution in [-0.2, 0) is 23.9 Å². The highest BCUT2D eigenvalue weighted by molar-refractivity contribution is 6.12. The first-order chi connectivity index (χ1) is 16.8. The van der Waals surface area contributed by atoms with Crippen molar-refractivity contribution in [2.75, 3.05) is 13.7 Å². The number of hydrogen-bond acceptors (Lipinski definition) is 8. The molecule has 4 rings (SSSR count). The summed E-state index contributed by atoms with van der Waals surface area (Å²) in [6.07, 6.45) is 3.97. The molecule has 2 aliphatic carbocycles. The van der Waals surface area contributed by atoms with E-state index < -0.39 is 23.8 Å². The molecule has 0 unspecified atom stereocenters. The molecule has 8 nitrogen and oxygen atoms in total. The number of aromatic hydroxyl groups is 1. The zero-order valence-corrected chi connectivity index (χ0v) is 20.7. The fraction of sp³-hybridized carbons (Fsp3) is 0.519. The monoisotopic (exact) mass is 483 g/mol. The number of methoxy groups -OCH3 is 1. The van der Waals surface area contributed by atoms with Gasteiger partial charge >= 0.3 is 11.9 Å². The number of rotatable bonds is 6. The average molecular weight is 484 g/mol. The first-order valence-corrected chi connectivity index (χ1v) is 12.3. The third-order valence-corrected chi connectivity index (χ3v) is 7.16. The normalized spacial score (nSPS) is 24.7. The van der Waals surface area contributed by atoms with Crippen LogP contribution in [0.3, 0.4) is 0 Å². The number of hydrogen-bond donors (Lipinski definition) is 2.